The van der Waals surface area contributed by atoms with Crippen molar-refractivity contribution >= 4 is 29.2 Å². The van der Waals surface area contributed by atoms with Gasteiger partial charge in [0.25, 0.3) is 11.8 Å². The number of rotatable bonds is 8. The molecule has 0 radical (unpaired) electrons. The minimum atomic E-state index is -2.12. The number of aliphatic hydroxyl groups excluding tert-OH is 3. The van der Waals surface area contributed by atoms with E-state index in [9.17, 15) is 39.3 Å². The van der Waals surface area contributed by atoms with Crippen molar-refractivity contribution in [3.63, 3.8) is 0 Å². The molecule has 3 N–H and O–H groups in total. The Kier molecular flexibility index (Phi) is 5.80. The van der Waals surface area contributed by atoms with Crippen molar-refractivity contribution in [1.29, 1.82) is 0 Å². The number of carbonyl (C=O) groups excluding carboxylic acids is 5. The number of Topliss-reactive ketones (excluding diaryl/α,β-unsaturated/α-hetero) is 3. The van der Waals surface area contributed by atoms with Crippen molar-refractivity contribution in [1.82, 2.24) is 4.90 Å². The summed E-state index contributed by atoms with van der Waals surface area (Å²) in [5, 5.41) is 28.4. The Morgan fingerprint density at radius 1 is 0.955 bits per heavy atom. The molecule has 0 saturated carbocycles. The summed E-state index contributed by atoms with van der Waals surface area (Å²) in [6.07, 6.45) is -5.38. The van der Waals surface area contributed by atoms with E-state index in [2.05, 4.69) is 0 Å². The van der Waals surface area contributed by atoms with Crippen LogP contribution in [0, 0.1) is 0 Å². The van der Waals surface area contributed by atoms with Gasteiger partial charge in [-0.15, -0.1) is 0 Å². The Bertz CT molecular complexity index is 534. The Morgan fingerprint density at radius 2 is 1.41 bits per heavy atom. The van der Waals surface area contributed by atoms with Crippen LogP contribution in [0.25, 0.3) is 0 Å². The number of imide groups is 1. The largest absolute Gasteiger partial charge is 0.385 e. The summed E-state index contributed by atoms with van der Waals surface area (Å²) < 4.78 is 0. The molecule has 1 aliphatic rings. The van der Waals surface area contributed by atoms with Crippen LogP contribution in [-0.2, 0) is 24.0 Å². The molecule has 0 aromatic carbocycles. The van der Waals surface area contributed by atoms with E-state index < -0.39 is 60.4 Å². The zero-order valence-corrected chi connectivity index (χ0v) is 11.6. The first-order valence-corrected chi connectivity index (χ1v) is 6.30. The van der Waals surface area contributed by atoms with Gasteiger partial charge in [0, 0.05) is 25.0 Å². The summed E-state index contributed by atoms with van der Waals surface area (Å²) in [4.78, 5) is 56.8. The Labute approximate surface area is 124 Å². The monoisotopic (exact) mass is 313 g/mol. The van der Waals surface area contributed by atoms with Crippen LogP contribution in [0.2, 0.25) is 0 Å². The number of nitrogens with zero attached hydrogens (tertiary/aromatic N) is 1. The molecule has 1 aliphatic heterocycles. The minimum Gasteiger partial charge on any atom is -0.385 e. The highest BCUT2D eigenvalue weighted by atomic mass is 16.3. The predicted octanol–water partition coefficient (Wildman–Crippen LogP) is -2.54. The first-order chi connectivity index (χ1) is 10.1. The predicted molar refractivity (Wildman–Crippen MR) is 68.9 cm³/mol. The van der Waals surface area contributed by atoms with Gasteiger partial charge >= 0.3 is 0 Å². The molecule has 0 aromatic rings. The Hall–Kier alpha value is -2.23. The van der Waals surface area contributed by atoms with Gasteiger partial charge in [-0.2, -0.15) is 0 Å². The van der Waals surface area contributed by atoms with Crippen molar-refractivity contribution in [3.8, 4) is 0 Å². The fourth-order valence-electron chi connectivity index (χ4n) is 1.68. The Morgan fingerprint density at radius 3 is 1.86 bits per heavy atom. The van der Waals surface area contributed by atoms with Crippen molar-refractivity contribution < 1.29 is 39.3 Å². The summed E-state index contributed by atoms with van der Waals surface area (Å²) in [6.45, 7) is 1.05. The van der Waals surface area contributed by atoms with Crippen molar-refractivity contribution in [2.75, 3.05) is 0 Å². The minimum absolute atomic E-state index is 0.282. The zero-order chi connectivity index (χ0) is 17.0. The standard InChI is InChI=1S/C13H15NO8/c1-6(15)7(16)4-8(17)9(18)5-10(19)13(22)14-11(20)2-3-12(14)21/h2-3,7,9,13,16,18,22H,4-5H2,1H3. The number of hydrogen-bond donors (Lipinski definition) is 3. The van der Waals surface area contributed by atoms with Gasteiger partial charge in [-0.1, -0.05) is 0 Å². The second-order valence-corrected chi connectivity index (χ2v) is 4.74. The lowest BCUT2D eigenvalue weighted by molar-refractivity contribution is -0.157. The third kappa shape index (κ3) is 4.13. The van der Waals surface area contributed by atoms with Crippen LogP contribution in [0.15, 0.2) is 12.2 Å². The number of hydrogen-bond acceptors (Lipinski definition) is 8. The first kappa shape index (κ1) is 17.8. The average molecular weight is 313 g/mol. The quantitative estimate of drug-likeness (QED) is 0.415. The SMILES string of the molecule is CC(=O)C(O)CC(=O)C(O)CC(=O)C(O)N1C(=O)C=CC1=O. The van der Waals surface area contributed by atoms with Crippen molar-refractivity contribution in [2.45, 2.75) is 38.2 Å². The highest BCUT2D eigenvalue weighted by molar-refractivity contribution is 6.15. The lowest BCUT2D eigenvalue weighted by Gasteiger charge is -2.20. The highest BCUT2D eigenvalue weighted by Gasteiger charge is 2.35. The van der Waals surface area contributed by atoms with Gasteiger partial charge in [-0.05, 0) is 6.92 Å². The van der Waals surface area contributed by atoms with Gasteiger partial charge in [0.1, 0.15) is 12.2 Å². The fourth-order valence-corrected chi connectivity index (χ4v) is 1.68. The molecule has 22 heavy (non-hydrogen) atoms. The van der Waals surface area contributed by atoms with E-state index in [1.165, 1.54) is 0 Å². The fraction of sp³-hybridized carbons (Fsp3) is 0.462. The molecule has 2 amide bonds. The molecule has 1 heterocycles. The second kappa shape index (κ2) is 7.16. The molecule has 0 aromatic heterocycles. The molecule has 1 rings (SSSR count). The van der Waals surface area contributed by atoms with Gasteiger partial charge < -0.3 is 15.3 Å². The maximum atomic E-state index is 11.7. The highest BCUT2D eigenvalue weighted by Crippen LogP contribution is 2.11. The van der Waals surface area contributed by atoms with E-state index in [4.69, 9.17) is 0 Å². The molecule has 0 spiro atoms. The smallest absolute Gasteiger partial charge is 0.256 e. The van der Waals surface area contributed by atoms with Crippen molar-refractivity contribution in [2.24, 2.45) is 0 Å². The number of carbonyl (C=O) groups is 5. The lowest BCUT2D eigenvalue weighted by atomic mass is 10.0. The summed E-state index contributed by atoms with van der Waals surface area (Å²) in [5.74, 6) is -4.55. The molecule has 120 valence electrons. The normalized spacial score (nSPS) is 18.3. The lowest BCUT2D eigenvalue weighted by Crippen LogP contribution is -2.46. The van der Waals surface area contributed by atoms with Gasteiger partial charge in [0.15, 0.2) is 23.6 Å². The van der Waals surface area contributed by atoms with Crippen LogP contribution in [0.3, 0.4) is 0 Å². The topological polar surface area (TPSA) is 149 Å². The molecule has 0 fully saturated rings. The van der Waals surface area contributed by atoms with Crippen LogP contribution in [0.4, 0.5) is 0 Å². The van der Waals surface area contributed by atoms with Crippen LogP contribution in [0.1, 0.15) is 19.8 Å². The molecular formula is C13H15NO8. The van der Waals surface area contributed by atoms with E-state index >= 15 is 0 Å². The third-order valence-corrected chi connectivity index (χ3v) is 3.01. The van der Waals surface area contributed by atoms with E-state index in [0.717, 1.165) is 19.1 Å². The van der Waals surface area contributed by atoms with Crippen LogP contribution in [-0.4, -0.2) is 67.8 Å². The second-order valence-electron chi connectivity index (χ2n) is 4.74. The van der Waals surface area contributed by atoms with Gasteiger partial charge in [0.05, 0.1) is 0 Å². The number of ketones is 3. The van der Waals surface area contributed by atoms with Crippen LogP contribution < -0.4 is 0 Å². The molecule has 3 atom stereocenters. The zero-order valence-electron chi connectivity index (χ0n) is 11.6. The van der Waals surface area contributed by atoms with Crippen molar-refractivity contribution in [3.05, 3.63) is 12.2 Å². The summed E-state index contributed by atoms with van der Waals surface area (Å²) >= 11 is 0. The third-order valence-electron chi connectivity index (χ3n) is 3.01. The van der Waals surface area contributed by atoms with E-state index in [-0.39, 0.29) is 4.90 Å². The van der Waals surface area contributed by atoms with E-state index in [1.807, 2.05) is 0 Å². The molecular weight excluding hydrogens is 298 g/mol. The summed E-state index contributed by atoms with van der Waals surface area (Å²) in [6, 6.07) is 0. The van der Waals surface area contributed by atoms with E-state index in [1.54, 1.807) is 0 Å². The maximum absolute atomic E-state index is 11.7. The molecule has 0 aliphatic carbocycles. The number of aliphatic hydroxyl groups is 3. The molecule has 9 nitrogen and oxygen atoms in total. The van der Waals surface area contributed by atoms with E-state index in [0.29, 0.717) is 0 Å². The Balaban J connectivity index is 2.60. The molecule has 3 unspecified atom stereocenters. The van der Waals surface area contributed by atoms with Gasteiger partial charge in [-0.3, -0.25) is 24.0 Å². The maximum Gasteiger partial charge on any atom is 0.256 e. The first-order valence-electron chi connectivity index (χ1n) is 6.30. The summed E-state index contributed by atoms with van der Waals surface area (Å²) in [5.41, 5.74) is 0. The van der Waals surface area contributed by atoms with Gasteiger partial charge in [0.2, 0.25) is 0 Å². The van der Waals surface area contributed by atoms with Crippen LogP contribution >= 0.6 is 0 Å². The summed E-state index contributed by atoms with van der Waals surface area (Å²) in [7, 11) is 0. The van der Waals surface area contributed by atoms with Crippen LogP contribution in [0.5, 0.6) is 0 Å². The van der Waals surface area contributed by atoms with Gasteiger partial charge in [-0.25, -0.2) is 4.90 Å². The molecule has 0 saturated heterocycles. The number of amides is 2. The molecule has 0 bridgehead atoms. The average Bonchev–Trinajstić information content (AvgIpc) is 2.76. The molecule has 9 heteroatoms.